The fourth-order valence-corrected chi connectivity index (χ4v) is 2.68. The predicted molar refractivity (Wildman–Crippen MR) is 85.2 cm³/mol. The summed E-state index contributed by atoms with van der Waals surface area (Å²) in [7, 11) is 0. The first-order valence-corrected chi connectivity index (χ1v) is 7.14. The molecule has 0 aliphatic carbocycles. The molecular formula is C16H25ClN2O. The van der Waals surface area contributed by atoms with Crippen LogP contribution in [-0.2, 0) is 11.2 Å². The Balaban J connectivity index is 0.00000200. The molecule has 1 amide bonds. The molecule has 1 fully saturated rings. The van der Waals surface area contributed by atoms with E-state index in [0.29, 0.717) is 12.3 Å². The number of nitrogens with two attached hydrogens (primary N) is 1. The molecule has 0 bridgehead atoms. The standard InChI is InChI=1S/C16H24N2O.ClH/c1-12-3-4-13(2)15(9-12)10-16(19)18-7-5-14(11-17)6-8-18;/h3-4,9,14H,5-8,10-11,17H2,1-2H3;1H. The third kappa shape index (κ3) is 4.22. The topological polar surface area (TPSA) is 46.3 Å². The summed E-state index contributed by atoms with van der Waals surface area (Å²) in [6.45, 7) is 6.62. The first-order chi connectivity index (χ1) is 9.10. The van der Waals surface area contributed by atoms with Crippen molar-refractivity contribution in [3.63, 3.8) is 0 Å². The van der Waals surface area contributed by atoms with E-state index in [1.165, 1.54) is 11.1 Å². The summed E-state index contributed by atoms with van der Waals surface area (Å²) in [5.41, 5.74) is 9.26. The largest absolute Gasteiger partial charge is 0.342 e. The van der Waals surface area contributed by atoms with E-state index < -0.39 is 0 Å². The highest BCUT2D eigenvalue weighted by molar-refractivity contribution is 5.85. The highest BCUT2D eigenvalue weighted by Gasteiger charge is 2.22. The molecule has 0 saturated carbocycles. The van der Waals surface area contributed by atoms with Crippen molar-refractivity contribution in [2.75, 3.05) is 19.6 Å². The highest BCUT2D eigenvalue weighted by atomic mass is 35.5. The fraction of sp³-hybridized carbons (Fsp3) is 0.562. The lowest BCUT2D eigenvalue weighted by Crippen LogP contribution is -2.40. The van der Waals surface area contributed by atoms with E-state index >= 15 is 0 Å². The van der Waals surface area contributed by atoms with Crippen molar-refractivity contribution in [1.29, 1.82) is 0 Å². The number of nitrogens with zero attached hydrogens (tertiary/aromatic N) is 1. The third-order valence-corrected chi connectivity index (χ3v) is 4.15. The lowest BCUT2D eigenvalue weighted by atomic mass is 9.96. The number of benzene rings is 1. The molecule has 112 valence electrons. The third-order valence-electron chi connectivity index (χ3n) is 4.15. The average Bonchev–Trinajstić information content (AvgIpc) is 2.43. The number of aryl methyl sites for hydroxylation is 2. The molecule has 0 aromatic heterocycles. The zero-order valence-electron chi connectivity index (χ0n) is 12.4. The molecule has 3 nitrogen and oxygen atoms in total. The van der Waals surface area contributed by atoms with Gasteiger partial charge in [-0.25, -0.2) is 0 Å². The zero-order valence-corrected chi connectivity index (χ0v) is 13.2. The second-order valence-corrected chi connectivity index (χ2v) is 5.67. The highest BCUT2D eigenvalue weighted by Crippen LogP contribution is 2.18. The minimum Gasteiger partial charge on any atom is -0.342 e. The summed E-state index contributed by atoms with van der Waals surface area (Å²) in [6, 6.07) is 6.31. The SMILES string of the molecule is Cc1ccc(C)c(CC(=O)N2CCC(CN)CC2)c1.Cl. The van der Waals surface area contributed by atoms with Crippen molar-refractivity contribution in [2.24, 2.45) is 11.7 Å². The van der Waals surface area contributed by atoms with E-state index in [9.17, 15) is 4.79 Å². The van der Waals surface area contributed by atoms with Gasteiger partial charge >= 0.3 is 0 Å². The van der Waals surface area contributed by atoms with Crippen molar-refractivity contribution in [3.8, 4) is 0 Å². The van der Waals surface area contributed by atoms with Crippen LogP contribution in [0.15, 0.2) is 18.2 Å². The van der Waals surface area contributed by atoms with Crippen LogP contribution in [0.5, 0.6) is 0 Å². The van der Waals surface area contributed by atoms with Crippen LogP contribution in [0.2, 0.25) is 0 Å². The molecule has 2 N–H and O–H groups in total. The number of carbonyl (C=O) groups is 1. The Bertz CT molecular complexity index is 454. The molecule has 1 saturated heterocycles. The molecule has 1 aliphatic rings. The van der Waals surface area contributed by atoms with Gasteiger partial charge in [0, 0.05) is 13.1 Å². The summed E-state index contributed by atoms with van der Waals surface area (Å²) in [4.78, 5) is 14.3. The van der Waals surface area contributed by atoms with Gasteiger partial charge in [0.05, 0.1) is 6.42 Å². The Morgan fingerprint density at radius 1 is 1.30 bits per heavy atom. The lowest BCUT2D eigenvalue weighted by molar-refractivity contribution is -0.131. The average molecular weight is 297 g/mol. The summed E-state index contributed by atoms with van der Waals surface area (Å²) in [5, 5.41) is 0. The van der Waals surface area contributed by atoms with Crippen LogP contribution in [0.3, 0.4) is 0 Å². The van der Waals surface area contributed by atoms with Crippen molar-refractivity contribution in [3.05, 3.63) is 34.9 Å². The van der Waals surface area contributed by atoms with E-state index in [1.54, 1.807) is 0 Å². The monoisotopic (exact) mass is 296 g/mol. The second kappa shape index (κ2) is 7.65. The Morgan fingerprint density at radius 2 is 1.95 bits per heavy atom. The lowest BCUT2D eigenvalue weighted by Gasteiger charge is -2.31. The molecule has 0 spiro atoms. The number of hydrogen-bond donors (Lipinski definition) is 1. The minimum absolute atomic E-state index is 0. The normalized spacial score (nSPS) is 15.8. The van der Waals surface area contributed by atoms with E-state index in [4.69, 9.17) is 5.73 Å². The molecular weight excluding hydrogens is 272 g/mol. The molecule has 2 rings (SSSR count). The molecule has 0 radical (unpaired) electrons. The number of piperidine rings is 1. The Morgan fingerprint density at radius 3 is 2.55 bits per heavy atom. The maximum Gasteiger partial charge on any atom is 0.226 e. The molecule has 0 unspecified atom stereocenters. The van der Waals surface area contributed by atoms with Crippen molar-refractivity contribution in [2.45, 2.75) is 33.1 Å². The molecule has 0 atom stereocenters. The van der Waals surface area contributed by atoms with Crippen LogP contribution in [0, 0.1) is 19.8 Å². The van der Waals surface area contributed by atoms with Gasteiger partial charge < -0.3 is 10.6 Å². The van der Waals surface area contributed by atoms with Gasteiger partial charge in [0.2, 0.25) is 5.91 Å². The number of likely N-dealkylation sites (tertiary alicyclic amines) is 1. The molecule has 1 aliphatic heterocycles. The molecule has 4 heteroatoms. The van der Waals surface area contributed by atoms with E-state index in [1.807, 2.05) is 4.90 Å². The minimum atomic E-state index is 0. The van der Waals surface area contributed by atoms with Crippen LogP contribution in [0.4, 0.5) is 0 Å². The first-order valence-electron chi connectivity index (χ1n) is 7.14. The fourth-order valence-electron chi connectivity index (χ4n) is 2.68. The maximum atomic E-state index is 12.3. The Labute approximate surface area is 127 Å². The van der Waals surface area contributed by atoms with Crippen molar-refractivity contribution in [1.82, 2.24) is 4.90 Å². The molecule has 1 aromatic carbocycles. The maximum absolute atomic E-state index is 12.3. The Kier molecular flexibility index (Phi) is 6.50. The van der Waals surface area contributed by atoms with Gasteiger partial charge in [-0.3, -0.25) is 4.79 Å². The zero-order chi connectivity index (χ0) is 13.8. The summed E-state index contributed by atoms with van der Waals surface area (Å²) in [5.74, 6) is 0.855. The van der Waals surface area contributed by atoms with Crippen LogP contribution in [0.1, 0.15) is 29.5 Å². The number of rotatable bonds is 3. The quantitative estimate of drug-likeness (QED) is 0.931. The van der Waals surface area contributed by atoms with Crippen LogP contribution in [0.25, 0.3) is 0 Å². The number of carbonyl (C=O) groups excluding carboxylic acids is 1. The smallest absolute Gasteiger partial charge is 0.226 e. The van der Waals surface area contributed by atoms with Crippen molar-refractivity contribution < 1.29 is 4.79 Å². The summed E-state index contributed by atoms with van der Waals surface area (Å²) in [6.07, 6.45) is 2.63. The van der Waals surface area contributed by atoms with Gasteiger partial charge in [-0.1, -0.05) is 23.8 Å². The first kappa shape index (κ1) is 17.0. The number of hydrogen-bond acceptors (Lipinski definition) is 2. The van der Waals surface area contributed by atoms with Gasteiger partial charge in [-0.2, -0.15) is 0 Å². The van der Waals surface area contributed by atoms with Crippen LogP contribution in [-0.4, -0.2) is 30.4 Å². The van der Waals surface area contributed by atoms with Gasteiger partial charge in [-0.15, -0.1) is 12.4 Å². The number of halogens is 1. The van der Waals surface area contributed by atoms with Crippen LogP contribution < -0.4 is 5.73 Å². The van der Waals surface area contributed by atoms with Crippen LogP contribution >= 0.6 is 12.4 Å². The van der Waals surface area contributed by atoms with E-state index in [-0.39, 0.29) is 18.3 Å². The van der Waals surface area contributed by atoms with Gasteiger partial charge in [0.1, 0.15) is 0 Å². The van der Waals surface area contributed by atoms with Gasteiger partial charge in [-0.05, 0) is 50.3 Å². The Hall–Kier alpha value is -1.06. The van der Waals surface area contributed by atoms with E-state index in [2.05, 4.69) is 32.0 Å². The molecule has 1 aromatic rings. The predicted octanol–water partition coefficient (Wildman–Crippen LogP) is 2.47. The number of amides is 1. The van der Waals surface area contributed by atoms with Crippen molar-refractivity contribution >= 4 is 18.3 Å². The molecule has 20 heavy (non-hydrogen) atoms. The van der Waals surface area contributed by atoms with Gasteiger partial charge in [0.25, 0.3) is 0 Å². The second-order valence-electron chi connectivity index (χ2n) is 5.67. The molecule has 1 heterocycles. The van der Waals surface area contributed by atoms with Gasteiger partial charge in [0.15, 0.2) is 0 Å². The summed E-state index contributed by atoms with van der Waals surface area (Å²) >= 11 is 0. The van der Waals surface area contributed by atoms with E-state index in [0.717, 1.165) is 38.0 Å². The summed E-state index contributed by atoms with van der Waals surface area (Å²) < 4.78 is 0.